The number of halogens is 4. The number of benzene rings is 1. The molecule has 5 nitrogen and oxygen atoms in total. The lowest BCUT2D eigenvalue weighted by molar-refractivity contribution is 0.126. The first-order valence-corrected chi connectivity index (χ1v) is 8.12. The summed E-state index contributed by atoms with van der Waals surface area (Å²) in [7, 11) is 1.21. The minimum Gasteiger partial charge on any atom is -0.505 e. The molecule has 0 saturated carbocycles. The Bertz CT molecular complexity index is 1020. The molecule has 0 aliphatic carbocycles. The van der Waals surface area contributed by atoms with Crippen molar-refractivity contribution in [3.05, 3.63) is 38.8 Å². The Kier molecular flexibility index (Phi) is 4.61. The number of methoxy groups -OCH3 is 1. The Morgan fingerprint density at radius 1 is 1.40 bits per heavy atom. The van der Waals surface area contributed by atoms with Gasteiger partial charge in [0.05, 0.1) is 35.3 Å². The zero-order valence-corrected chi connectivity index (χ0v) is 14.2. The van der Waals surface area contributed by atoms with E-state index >= 15 is 0 Å². The first kappa shape index (κ1) is 17.6. The Morgan fingerprint density at radius 3 is 2.76 bits per heavy atom. The van der Waals surface area contributed by atoms with Crippen LogP contribution in [0.15, 0.2) is 22.4 Å². The number of aromatic hydroxyl groups is 1. The average Bonchev–Trinajstić information content (AvgIpc) is 3.04. The van der Waals surface area contributed by atoms with E-state index < -0.39 is 41.2 Å². The molecule has 2 aromatic heterocycles. The number of nitrogens with zero attached hydrogens (tertiary/aromatic N) is 2. The van der Waals surface area contributed by atoms with Crippen molar-refractivity contribution in [2.45, 2.75) is 13.0 Å². The van der Waals surface area contributed by atoms with E-state index in [2.05, 4.69) is 4.98 Å². The summed E-state index contributed by atoms with van der Waals surface area (Å²) in [6, 6.07) is 2.21. The van der Waals surface area contributed by atoms with Crippen LogP contribution in [-0.4, -0.2) is 28.2 Å². The molecule has 0 atom stereocenters. The molecule has 0 fully saturated rings. The number of aromatic nitrogens is 2. The summed E-state index contributed by atoms with van der Waals surface area (Å²) in [5, 5.41) is 10.5. The van der Waals surface area contributed by atoms with Crippen LogP contribution < -0.4 is 10.3 Å². The highest BCUT2D eigenvalue weighted by molar-refractivity contribution is 7.17. The van der Waals surface area contributed by atoms with Gasteiger partial charge in [-0.3, -0.25) is 9.36 Å². The molecule has 132 valence electrons. The molecular weight excluding hydrogens is 381 g/mol. The maximum absolute atomic E-state index is 14.4. The average molecular weight is 391 g/mol. The van der Waals surface area contributed by atoms with E-state index in [0.29, 0.717) is 4.57 Å². The minimum atomic E-state index is -2.84. The topological polar surface area (TPSA) is 64.3 Å². The Labute approximate surface area is 147 Å². The smallest absolute Gasteiger partial charge is 0.264 e. The van der Waals surface area contributed by atoms with Crippen LogP contribution in [-0.2, 0) is 6.54 Å². The fourth-order valence-corrected chi connectivity index (χ4v) is 3.51. The van der Waals surface area contributed by atoms with Crippen LogP contribution in [0.5, 0.6) is 11.5 Å². The van der Waals surface area contributed by atoms with E-state index in [4.69, 9.17) is 16.3 Å². The Balaban J connectivity index is 2.47. The fraction of sp³-hybridized carbons (Fsp3) is 0.200. The molecule has 0 aliphatic heterocycles. The van der Waals surface area contributed by atoms with Crippen molar-refractivity contribution in [2.75, 3.05) is 7.11 Å². The molecule has 1 aromatic carbocycles. The molecule has 25 heavy (non-hydrogen) atoms. The number of hydrogen-bond acceptors (Lipinski definition) is 5. The normalized spacial score (nSPS) is 11.4. The summed E-state index contributed by atoms with van der Waals surface area (Å²) in [5.41, 5.74) is -0.722. The fourth-order valence-electron chi connectivity index (χ4n) is 2.54. The maximum Gasteiger partial charge on any atom is 0.264 e. The van der Waals surface area contributed by atoms with Gasteiger partial charge in [-0.1, -0.05) is 11.6 Å². The number of alkyl halides is 2. The standard InChI is InChI=1S/C15H10ClF3N2O3S/c1-24-12-6(16)2-3-7(17)9(12)10-11(22)13-14(20-5-25-13)21(15(10)23)4-8(18)19/h2-3,5,8,22H,4H2,1H3. The van der Waals surface area contributed by atoms with E-state index in [1.807, 2.05) is 0 Å². The number of hydrogen-bond donors (Lipinski definition) is 1. The van der Waals surface area contributed by atoms with Crippen LogP contribution in [0.2, 0.25) is 5.02 Å². The predicted octanol–water partition coefficient (Wildman–Crippen LogP) is 3.90. The third kappa shape index (κ3) is 2.83. The molecule has 3 aromatic rings. The van der Waals surface area contributed by atoms with Crippen LogP contribution in [0, 0.1) is 5.82 Å². The summed E-state index contributed by atoms with van der Waals surface area (Å²) in [6.07, 6.45) is -2.84. The summed E-state index contributed by atoms with van der Waals surface area (Å²) >= 11 is 6.90. The van der Waals surface area contributed by atoms with Gasteiger partial charge in [0.25, 0.3) is 12.0 Å². The van der Waals surface area contributed by atoms with Crippen molar-refractivity contribution in [3.8, 4) is 22.6 Å². The molecule has 10 heteroatoms. The molecule has 0 radical (unpaired) electrons. The number of ether oxygens (including phenoxy) is 1. The van der Waals surface area contributed by atoms with Crippen molar-refractivity contribution in [1.29, 1.82) is 0 Å². The number of pyridine rings is 1. The predicted molar refractivity (Wildman–Crippen MR) is 88.5 cm³/mol. The van der Waals surface area contributed by atoms with E-state index in [0.717, 1.165) is 17.4 Å². The summed E-state index contributed by atoms with van der Waals surface area (Å²) in [6.45, 7) is -0.948. The lowest BCUT2D eigenvalue weighted by Crippen LogP contribution is -2.25. The summed E-state index contributed by atoms with van der Waals surface area (Å²) < 4.78 is 46.0. The largest absolute Gasteiger partial charge is 0.505 e. The number of fused-ring (bicyclic) bond motifs is 1. The molecule has 0 bridgehead atoms. The summed E-state index contributed by atoms with van der Waals surface area (Å²) in [4.78, 5) is 16.6. The molecular formula is C15H10ClF3N2O3S. The van der Waals surface area contributed by atoms with Crippen molar-refractivity contribution < 1.29 is 23.0 Å². The van der Waals surface area contributed by atoms with Crippen LogP contribution in [0.3, 0.4) is 0 Å². The maximum atomic E-state index is 14.4. The van der Waals surface area contributed by atoms with Crippen molar-refractivity contribution in [1.82, 2.24) is 9.55 Å². The zero-order chi connectivity index (χ0) is 18.3. The molecule has 1 N–H and O–H groups in total. The second kappa shape index (κ2) is 6.57. The Hall–Kier alpha value is -2.26. The van der Waals surface area contributed by atoms with Crippen LogP contribution in [0.25, 0.3) is 21.5 Å². The highest BCUT2D eigenvalue weighted by atomic mass is 35.5. The van der Waals surface area contributed by atoms with Crippen molar-refractivity contribution in [3.63, 3.8) is 0 Å². The van der Waals surface area contributed by atoms with Gasteiger partial charge in [-0.25, -0.2) is 18.2 Å². The first-order valence-electron chi connectivity index (χ1n) is 6.86. The molecule has 0 unspecified atom stereocenters. The monoisotopic (exact) mass is 390 g/mol. The number of rotatable bonds is 4. The highest BCUT2D eigenvalue weighted by Gasteiger charge is 2.27. The van der Waals surface area contributed by atoms with Gasteiger partial charge in [-0.2, -0.15) is 0 Å². The van der Waals surface area contributed by atoms with E-state index in [9.17, 15) is 23.1 Å². The van der Waals surface area contributed by atoms with Crippen molar-refractivity contribution >= 4 is 33.3 Å². The van der Waals surface area contributed by atoms with E-state index in [1.54, 1.807) is 0 Å². The van der Waals surface area contributed by atoms with E-state index in [-0.39, 0.29) is 21.1 Å². The molecule has 0 spiro atoms. The lowest BCUT2D eigenvalue weighted by Gasteiger charge is -2.15. The third-order valence-electron chi connectivity index (χ3n) is 3.55. The third-order valence-corrected chi connectivity index (χ3v) is 4.67. The molecule has 2 heterocycles. The second-order valence-electron chi connectivity index (χ2n) is 4.97. The van der Waals surface area contributed by atoms with Crippen molar-refractivity contribution in [2.24, 2.45) is 0 Å². The highest BCUT2D eigenvalue weighted by Crippen LogP contribution is 2.43. The molecule has 0 aliphatic rings. The second-order valence-corrected chi connectivity index (χ2v) is 6.23. The van der Waals surface area contributed by atoms with Gasteiger partial charge < -0.3 is 9.84 Å². The van der Waals surface area contributed by atoms with Gasteiger partial charge in [0.15, 0.2) is 5.65 Å². The van der Waals surface area contributed by atoms with Gasteiger partial charge in [-0.05, 0) is 12.1 Å². The first-order chi connectivity index (χ1) is 11.9. The van der Waals surface area contributed by atoms with Gasteiger partial charge in [0.2, 0.25) is 0 Å². The molecule has 0 saturated heterocycles. The SMILES string of the molecule is COc1c(Cl)ccc(F)c1-c1c(O)c2scnc2n(CC(F)F)c1=O. The van der Waals surface area contributed by atoms with Crippen LogP contribution >= 0.6 is 22.9 Å². The van der Waals surface area contributed by atoms with Gasteiger partial charge in [0, 0.05) is 0 Å². The number of thiazole rings is 1. The van der Waals surface area contributed by atoms with E-state index in [1.165, 1.54) is 18.7 Å². The minimum absolute atomic E-state index is 0.00233. The van der Waals surface area contributed by atoms with Gasteiger partial charge in [0.1, 0.15) is 22.0 Å². The van der Waals surface area contributed by atoms with Crippen LogP contribution in [0.4, 0.5) is 13.2 Å². The zero-order valence-electron chi connectivity index (χ0n) is 12.6. The quantitative estimate of drug-likeness (QED) is 0.734. The Morgan fingerprint density at radius 2 is 2.12 bits per heavy atom. The van der Waals surface area contributed by atoms with Crippen LogP contribution in [0.1, 0.15) is 0 Å². The van der Waals surface area contributed by atoms with Gasteiger partial charge in [-0.15, -0.1) is 11.3 Å². The molecule has 0 amide bonds. The lowest BCUT2D eigenvalue weighted by atomic mass is 10.0. The summed E-state index contributed by atoms with van der Waals surface area (Å²) in [5.74, 6) is -1.63. The van der Waals surface area contributed by atoms with Gasteiger partial charge >= 0.3 is 0 Å². The molecule has 3 rings (SSSR count).